The maximum Gasteiger partial charge on any atom is 0.411 e. The average molecular weight is 345 g/mol. The van der Waals surface area contributed by atoms with Gasteiger partial charge in [-0.1, -0.05) is 32.3 Å². The Morgan fingerprint density at radius 3 is 2.65 bits per heavy atom. The van der Waals surface area contributed by atoms with E-state index in [-0.39, 0.29) is 12.4 Å². The number of nitrogens with one attached hydrogen (secondary N) is 2. The maximum absolute atomic E-state index is 11.7. The molecule has 0 spiro atoms. The normalized spacial score (nSPS) is 10.1. The molecule has 1 aromatic rings. The number of anilines is 1. The molecule has 1 amide bonds. The number of quaternary nitrogens is 1. The molecule has 0 heterocycles. The molecule has 0 aromatic heterocycles. The third-order valence-corrected chi connectivity index (χ3v) is 3.18. The Balaban J connectivity index is 0.00000484. The Morgan fingerprint density at radius 2 is 1.96 bits per heavy atom. The Bertz CT molecular complexity index is 442. The van der Waals surface area contributed by atoms with Crippen molar-refractivity contribution in [2.75, 3.05) is 39.2 Å². The third-order valence-electron chi connectivity index (χ3n) is 3.18. The Hall–Kier alpha value is -1.46. The maximum atomic E-state index is 11.7. The number of rotatable bonds is 10. The SMILES string of the molecule is CCCCCCOc1cccc(NC(=O)OCC[NH+](C)C)c1.[Cl-]. The van der Waals surface area contributed by atoms with E-state index in [9.17, 15) is 4.79 Å². The highest BCUT2D eigenvalue weighted by molar-refractivity contribution is 5.84. The molecule has 1 aromatic carbocycles. The fraction of sp³-hybridized carbons (Fsp3) is 0.588. The van der Waals surface area contributed by atoms with Crippen LogP contribution < -0.4 is 27.4 Å². The summed E-state index contributed by atoms with van der Waals surface area (Å²) in [4.78, 5) is 12.9. The zero-order chi connectivity index (χ0) is 16.2. The molecule has 132 valence electrons. The molecule has 0 fully saturated rings. The molecule has 0 aliphatic carbocycles. The molecule has 0 saturated heterocycles. The van der Waals surface area contributed by atoms with Crippen molar-refractivity contribution in [3.05, 3.63) is 24.3 Å². The second kappa shape index (κ2) is 13.0. The van der Waals surface area contributed by atoms with Crippen LogP contribution in [0.4, 0.5) is 10.5 Å². The first-order chi connectivity index (χ1) is 10.6. The highest BCUT2D eigenvalue weighted by Crippen LogP contribution is 2.18. The number of hydrogen-bond donors (Lipinski definition) is 2. The fourth-order valence-electron chi connectivity index (χ4n) is 1.88. The van der Waals surface area contributed by atoms with Crippen molar-refractivity contribution < 1.29 is 31.6 Å². The summed E-state index contributed by atoms with van der Waals surface area (Å²) in [5.74, 6) is 0.770. The van der Waals surface area contributed by atoms with Crippen LogP contribution in [0.3, 0.4) is 0 Å². The smallest absolute Gasteiger partial charge is 0.411 e. The molecule has 0 atom stereocenters. The first-order valence-electron chi connectivity index (χ1n) is 8.07. The van der Waals surface area contributed by atoms with Gasteiger partial charge in [0.1, 0.15) is 18.9 Å². The van der Waals surface area contributed by atoms with Gasteiger partial charge >= 0.3 is 6.09 Å². The van der Waals surface area contributed by atoms with Crippen molar-refractivity contribution in [3.63, 3.8) is 0 Å². The van der Waals surface area contributed by atoms with Crippen molar-refractivity contribution in [3.8, 4) is 5.75 Å². The minimum absolute atomic E-state index is 0. The third kappa shape index (κ3) is 10.8. The van der Waals surface area contributed by atoms with Crippen molar-refractivity contribution in [1.29, 1.82) is 0 Å². The van der Waals surface area contributed by atoms with Gasteiger partial charge in [0.05, 0.1) is 20.7 Å². The van der Waals surface area contributed by atoms with Gasteiger partial charge < -0.3 is 26.8 Å². The van der Waals surface area contributed by atoms with Crippen LogP contribution in [-0.4, -0.2) is 39.9 Å². The number of amides is 1. The summed E-state index contributed by atoms with van der Waals surface area (Å²) >= 11 is 0. The van der Waals surface area contributed by atoms with Crippen LogP contribution in [-0.2, 0) is 4.74 Å². The number of unbranched alkanes of at least 4 members (excludes halogenated alkanes) is 3. The first kappa shape index (κ1) is 21.5. The van der Waals surface area contributed by atoms with Gasteiger partial charge in [-0.25, -0.2) is 4.79 Å². The van der Waals surface area contributed by atoms with E-state index in [1.165, 1.54) is 24.2 Å². The van der Waals surface area contributed by atoms with Crippen molar-refractivity contribution >= 4 is 11.8 Å². The van der Waals surface area contributed by atoms with E-state index in [1.807, 2.05) is 38.4 Å². The molecule has 0 aliphatic rings. The molecule has 2 N–H and O–H groups in total. The van der Waals surface area contributed by atoms with Gasteiger partial charge in [0.15, 0.2) is 0 Å². The summed E-state index contributed by atoms with van der Waals surface area (Å²) in [6.45, 7) is 4.09. The van der Waals surface area contributed by atoms with Gasteiger partial charge in [-0.2, -0.15) is 0 Å². The van der Waals surface area contributed by atoms with Crippen molar-refractivity contribution in [1.82, 2.24) is 0 Å². The average Bonchev–Trinajstić information content (AvgIpc) is 2.47. The molecule has 0 radical (unpaired) electrons. The Kier molecular flexibility index (Phi) is 12.2. The fourth-order valence-corrected chi connectivity index (χ4v) is 1.88. The second-order valence-electron chi connectivity index (χ2n) is 5.65. The van der Waals surface area contributed by atoms with E-state index in [2.05, 4.69) is 12.2 Å². The van der Waals surface area contributed by atoms with Crippen LogP contribution in [0.1, 0.15) is 32.6 Å². The lowest BCUT2D eigenvalue weighted by Crippen LogP contribution is -3.06. The number of hydrogen-bond acceptors (Lipinski definition) is 3. The van der Waals surface area contributed by atoms with E-state index in [4.69, 9.17) is 9.47 Å². The molecule has 5 nitrogen and oxygen atoms in total. The van der Waals surface area contributed by atoms with Crippen LogP contribution in [0, 0.1) is 0 Å². The van der Waals surface area contributed by atoms with Gasteiger partial charge in [-0.3, -0.25) is 5.32 Å². The van der Waals surface area contributed by atoms with Crippen LogP contribution in [0.5, 0.6) is 5.75 Å². The molecule has 0 bridgehead atoms. The molecular formula is C17H29ClN2O3. The predicted octanol–water partition coefficient (Wildman–Crippen LogP) is -0.657. The van der Waals surface area contributed by atoms with Crippen molar-refractivity contribution in [2.45, 2.75) is 32.6 Å². The van der Waals surface area contributed by atoms with E-state index in [0.717, 1.165) is 18.7 Å². The van der Waals surface area contributed by atoms with Crippen molar-refractivity contribution in [2.24, 2.45) is 0 Å². The number of carbonyl (C=O) groups is 1. The molecule has 23 heavy (non-hydrogen) atoms. The number of ether oxygens (including phenoxy) is 2. The molecular weight excluding hydrogens is 316 g/mol. The minimum Gasteiger partial charge on any atom is -1.00 e. The number of benzene rings is 1. The molecule has 0 saturated carbocycles. The zero-order valence-corrected chi connectivity index (χ0v) is 15.1. The van der Waals surface area contributed by atoms with Gasteiger partial charge in [0.2, 0.25) is 0 Å². The Morgan fingerprint density at radius 1 is 1.17 bits per heavy atom. The van der Waals surface area contributed by atoms with E-state index < -0.39 is 6.09 Å². The van der Waals surface area contributed by atoms with Crippen LogP contribution in [0.2, 0.25) is 0 Å². The highest BCUT2D eigenvalue weighted by Gasteiger charge is 2.05. The van der Waals surface area contributed by atoms with Crippen LogP contribution in [0.15, 0.2) is 24.3 Å². The zero-order valence-electron chi connectivity index (χ0n) is 14.4. The largest absolute Gasteiger partial charge is 1.00 e. The van der Waals surface area contributed by atoms with Crippen LogP contribution in [0.25, 0.3) is 0 Å². The monoisotopic (exact) mass is 344 g/mol. The lowest BCUT2D eigenvalue weighted by atomic mass is 10.2. The van der Waals surface area contributed by atoms with Gasteiger partial charge in [0.25, 0.3) is 0 Å². The van der Waals surface area contributed by atoms with E-state index >= 15 is 0 Å². The molecule has 6 heteroatoms. The van der Waals surface area contributed by atoms with Gasteiger partial charge in [-0.05, 0) is 18.6 Å². The highest BCUT2D eigenvalue weighted by atomic mass is 35.5. The van der Waals surface area contributed by atoms with E-state index in [0.29, 0.717) is 18.9 Å². The number of carbonyl (C=O) groups excluding carboxylic acids is 1. The standard InChI is InChI=1S/C17H28N2O3.ClH/c1-4-5-6-7-12-21-16-10-8-9-15(14-16)18-17(20)22-13-11-19(2)3;/h8-10,14H,4-7,11-13H2,1-3H3,(H,18,20);1H. The summed E-state index contributed by atoms with van der Waals surface area (Å²) in [7, 11) is 4.03. The van der Waals surface area contributed by atoms with Gasteiger partial charge in [-0.15, -0.1) is 0 Å². The summed E-state index contributed by atoms with van der Waals surface area (Å²) < 4.78 is 10.8. The lowest BCUT2D eigenvalue weighted by Gasteiger charge is -2.10. The van der Waals surface area contributed by atoms with Crippen LogP contribution >= 0.6 is 0 Å². The predicted molar refractivity (Wildman–Crippen MR) is 88.7 cm³/mol. The number of likely N-dealkylation sites (N-methyl/N-ethyl adjacent to an activating group) is 1. The Labute approximate surface area is 145 Å². The summed E-state index contributed by atoms with van der Waals surface area (Å²) in [5.41, 5.74) is 0.688. The number of halogens is 1. The summed E-state index contributed by atoms with van der Waals surface area (Å²) in [6.07, 6.45) is 4.28. The van der Waals surface area contributed by atoms with Gasteiger partial charge in [0, 0.05) is 11.8 Å². The minimum atomic E-state index is -0.429. The second-order valence-corrected chi connectivity index (χ2v) is 5.65. The van der Waals surface area contributed by atoms with E-state index in [1.54, 1.807) is 0 Å². The summed E-state index contributed by atoms with van der Waals surface area (Å²) in [5, 5.41) is 2.72. The lowest BCUT2D eigenvalue weighted by molar-refractivity contribution is -0.858. The summed E-state index contributed by atoms with van der Waals surface area (Å²) in [6, 6.07) is 7.40. The molecule has 0 unspecified atom stereocenters. The first-order valence-corrected chi connectivity index (χ1v) is 8.07. The molecule has 0 aliphatic heterocycles. The quantitative estimate of drug-likeness (QED) is 0.554. The molecule has 1 rings (SSSR count). The topological polar surface area (TPSA) is 52.0 Å².